The van der Waals surface area contributed by atoms with Crippen LogP contribution in [-0.2, 0) is 10.3 Å². The highest BCUT2D eigenvalue weighted by atomic mass is 35.5. The largest absolute Gasteiger partial charge is 0.385 e. The van der Waals surface area contributed by atoms with E-state index in [9.17, 15) is 4.39 Å². The first kappa shape index (κ1) is 19.6. The van der Waals surface area contributed by atoms with Crippen LogP contribution in [0.4, 0.5) is 13.2 Å². The van der Waals surface area contributed by atoms with Crippen molar-refractivity contribution in [2.45, 2.75) is 37.8 Å². The Morgan fingerprint density at radius 1 is 1.11 bits per heavy atom. The van der Waals surface area contributed by atoms with E-state index in [2.05, 4.69) is 9.98 Å². The Bertz CT molecular complexity index is 917. The van der Waals surface area contributed by atoms with Crippen molar-refractivity contribution in [1.29, 1.82) is 0 Å². The molecule has 0 unspecified atom stereocenters. The van der Waals surface area contributed by atoms with Gasteiger partial charge in [-0.3, -0.25) is 9.98 Å². The summed E-state index contributed by atoms with van der Waals surface area (Å²) in [5, 5.41) is 0.376. The van der Waals surface area contributed by atoms with Crippen LogP contribution in [0.3, 0.4) is 0 Å². The molecule has 1 aromatic heterocycles. The number of amidine groups is 1. The predicted octanol–water partition coefficient (Wildman–Crippen LogP) is 4.56. The number of nitrogens with two attached hydrogens (primary N) is 1. The Morgan fingerprint density at radius 2 is 1.81 bits per heavy atom. The number of pyridine rings is 1. The lowest BCUT2D eigenvalue weighted by atomic mass is 9.77. The zero-order chi connectivity index (χ0) is 20.0. The van der Waals surface area contributed by atoms with Crippen LogP contribution < -0.4 is 5.73 Å². The second-order valence-electron chi connectivity index (χ2n) is 7.14. The monoisotopic (exact) mass is 397 g/mol. The summed E-state index contributed by atoms with van der Waals surface area (Å²) in [6.45, 7) is 3.37. The smallest absolute Gasteiger partial charge is 0.304 e. The Kier molecular flexibility index (Phi) is 4.72. The Morgan fingerprint density at radius 3 is 2.48 bits per heavy atom. The van der Waals surface area contributed by atoms with E-state index in [0.717, 1.165) is 13.0 Å². The van der Waals surface area contributed by atoms with Crippen LogP contribution in [0.1, 0.15) is 26.3 Å². The van der Waals surface area contributed by atoms with Gasteiger partial charge in [-0.25, -0.2) is 13.2 Å². The van der Waals surface area contributed by atoms with E-state index < -0.39 is 22.9 Å². The number of aliphatic imine (C=N–C) groups is 1. The first-order valence-corrected chi connectivity index (χ1v) is 8.63. The third-order valence-corrected chi connectivity index (χ3v) is 5.05. The van der Waals surface area contributed by atoms with Crippen molar-refractivity contribution in [2.75, 3.05) is 6.61 Å². The molecule has 2 aromatic rings. The maximum Gasteiger partial charge on any atom is 0.304 e. The first-order chi connectivity index (χ1) is 12.5. The third-order valence-electron chi connectivity index (χ3n) is 4.84. The van der Waals surface area contributed by atoms with Crippen LogP contribution in [0.15, 0.2) is 41.7 Å². The summed E-state index contributed by atoms with van der Waals surface area (Å²) in [6, 6.07) is 5.54. The molecule has 0 radical (unpaired) electrons. The van der Waals surface area contributed by atoms with Gasteiger partial charge in [0.05, 0.1) is 5.02 Å². The minimum absolute atomic E-state index is 0.128. The lowest BCUT2D eigenvalue weighted by Gasteiger charge is -2.42. The summed E-state index contributed by atoms with van der Waals surface area (Å²) >= 11 is 5.95. The summed E-state index contributed by atoms with van der Waals surface area (Å²) in [4.78, 5) is 7.96. The molecule has 0 bridgehead atoms. The zero-order valence-electron chi connectivity index (χ0n) is 15.1. The molecule has 1 aliphatic rings. The van der Waals surface area contributed by atoms with E-state index >= 15 is 8.78 Å². The molecule has 8 heteroatoms. The topological polar surface area (TPSA) is 60.5 Å². The average Bonchev–Trinajstić information content (AvgIpc) is 2.65. The van der Waals surface area contributed by atoms with Gasteiger partial charge in [0.2, 0.25) is 0 Å². The highest BCUT2D eigenvalue weighted by Crippen LogP contribution is 2.51. The second-order valence-corrected chi connectivity index (χ2v) is 7.57. The van der Waals surface area contributed by atoms with E-state index in [1.807, 2.05) is 0 Å². The van der Waals surface area contributed by atoms with Gasteiger partial charge in [-0.2, -0.15) is 0 Å². The zero-order valence-corrected chi connectivity index (χ0v) is 15.8. The minimum atomic E-state index is -3.55. The van der Waals surface area contributed by atoms with Gasteiger partial charge in [-0.05, 0) is 44.5 Å². The molecule has 0 saturated heterocycles. The highest BCUT2D eigenvalue weighted by molar-refractivity contribution is 6.30. The van der Waals surface area contributed by atoms with Gasteiger partial charge in [-0.1, -0.05) is 17.7 Å². The number of halogens is 4. The Balaban J connectivity index is 2.24. The van der Waals surface area contributed by atoms with Gasteiger partial charge in [0.25, 0.3) is 0 Å². The molecule has 1 aliphatic heterocycles. The van der Waals surface area contributed by atoms with E-state index in [1.54, 1.807) is 6.07 Å². The molecule has 0 aliphatic carbocycles. The average molecular weight is 398 g/mol. The molecule has 1 aromatic carbocycles. The predicted molar refractivity (Wildman–Crippen MR) is 98.6 cm³/mol. The summed E-state index contributed by atoms with van der Waals surface area (Å²) in [5.41, 5.74) is 2.34. The van der Waals surface area contributed by atoms with E-state index in [0.29, 0.717) is 16.1 Å². The normalized spacial score (nSPS) is 24.2. The highest BCUT2D eigenvalue weighted by Gasteiger charge is 2.63. The number of hydrogen-bond donors (Lipinski definition) is 1. The van der Waals surface area contributed by atoms with Crippen molar-refractivity contribution in [3.05, 3.63) is 53.1 Å². The molecule has 2 heterocycles. The number of aromatic nitrogens is 1. The standard InChI is InChI=1S/C19H19ClF3N3O/c1-17(2)19(22,23)18(3,26-16(24)10-27-17)14-7-11(4-5-15(14)21)12-6-13(20)9-25-8-12/h4-9H,10H2,1-3H3,(H2,24,26)/t18-/m1/s1. The number of nitrogens with zero attached hydrogens (tertiary/aromatic N) is 2. The molecular weight excluding hydrogens is 379 g/mol. The van der Waals surface area contributed by atoms with Crippen LogP contribution in [0.2, 0.25) is 5.02 Å². The SMILES string of the molecule is CC1(C)OCC(N)=N[C@](C)(c2cc(-c3cncc(Cl)c3)ccc2F)C1(F)F. The molecule has 0 saturated carbocycles. The number of benzene rings is 1. The van der Waals surface area contributed by atoms with Gasteiger partial charge in [0, 0.05) is 23.5 Å². The first-order valence-electron chi connectivity index (χ1n) is 8.25. The van der Waals surface area contributed by atoms with E-state index in [4.69, 9.17) is 22.1 Å². The number of ether oxygens (including phenoxy) is 1. The lowest BCUT2D eigenvalue weighted by molar-refractivity contribution is -0.214. The van der Waals surface area contributed by atoms with Crippen LogP contribution in [0, 0.1) is 5.82 Å². The molecule has 2 N–H and O–H groups in total. The van der Waals surface area contributed by atoms with Crippen molar-refractivity contribution in [3.63, 3.8) is 0 Å². The van der Waals surface area contributed by atoms with Gasteiger partial charge < -0.3 is 10.5 Å². The van der Waals surface area contributed by atoms with Gasteiger partial charge >= 0.3 is 5.92 Å². The summed E-state index contributed by atoms with van der Waals surface area (Å²) in [7, 11) is 0. The fourth-order valence-electron chi connectivity index (χ4n) is 3.20. The second kappa shape index (κ2) is 6.49. The summed E-state index contributed by atoms with van der Waals surface area (Å²) < 4.78 is 50.9. The van der Waals surface area contributed by atoms with E-state index in [1.165, 1.54) is 38.4 Å². The molecule has 0 fully saturated rings. The maximum absolute atomic E-state index is 15.4. The van der Waals surface area contributed by atoms with E-state index in [-0.39, 0.29) is 18.0 Å². The molecule has 4 nitrogen and oxygen atoms in total. The quantitative estimate of drug-likeness (QED) is 0.808. The Labute approximate surface area is 160 Å². The molecule has 144 valence electrons. The molecule has 1 atom stereocenters. The fraction of sp³-hybridized carbons (Fsp3) is 0.368. The van der Waals surface area contributed by atoms with Gasteiger partial charge in [0.15, 0.2) is 5.54 Å². The van der Waals surface area contributed by atoms with Crippen molar-refractivity contribution in [1.82, 2.24) is 4.98 Å². The molecule has 27 heavy (non-hydrogen) atoms. The third kappa shape index (κ3) is 3.19. The van der Waals surface area contributed by atoms with Crippen LogP contribution in [-0.4, -0.2) is 29.0 Å². The number of alkyl halides is 2. The van der Waals surface area contributed by atoms with Gasteiger partial charge in [-0.15, -0.1) is 0 Å². The van der Waals surface area contributed by atoms with Gasteiger partial charge in [0.1, 0.15) is 23.9 Å². The minimum Gasteiger partial charge on any atom is -0.385 e. The summed E-state index contributed by atoms with van der Waals surface area (Å²) in [6.07, 6.45) is 2.96. The van der Waals surface area contributed by atoms with Crippen molar-refractivity contribution in [2.24, 2.45) is 10.7 Å². The number of rotatable bonds is 2. The van der Waals surface area contributed by atoms with Crippen LogP contribution >= 0.6 is 11.6 Å². The fourth-order valence-corrected chi connectivity index (χ4v) is 3.37. The van der Waals surface area contributed by atoms with Crippen LogP contribution in [0.5, 0.6) is 0 Å². The molecule has 3 rings (SSSR count). The van der Waals surface area contributed by atoms with Crippen molar-refractivity contribution < 1.29 is 17.9 Å². The molecule has 0 spiro atoms. The Hall–Kier alpha value is -2.12. The number of hydrogen-bond acceptors (Lipinski definition) is 4. The molecular formula is C19H19ClF3N3O. The summed E-state index contributed by atoms with van der Waals surface area (Å²) in [5.74, 6) is -4.49. The van der Waals surface area contributed by atoms with Crippen LogP contribution in [0.25, 0.3) is 11.1 Å². The lowest BCUT2D eigenvalue weighted by Crippen LogP contribution is -2.56. The van der Waals surface area contributed by atoms with Crippen molar-refractivity contribution >= 4 is 17.4 Å². The molecule has 0 amide bonds. The van der Waals surface area contributed by atoms with Crippen molar-refractivity contribution in [3.8, 4) is 11.1 Å². The maximum atomic E-state index is 15.4.